The summed E-state index contributed by atoms with van der Waals surface area (Å²) in [4.78, 5) is 33.6. The van der Waals surface area contributed by atoms with Crippen molar-refractivity contribution in [3.63, 3.8) is 0 Å². The first-order valence-corrected chi connectivity index (χ1v) is 11.4. The quantitative estimate of drug-likeness (QED) is 0.709. The molecule has 1 atom stereocenters. The number of hydrogen-bond acceptors (Lipinski definition) is 6. The van der Waals surface area contributed by atoms with Gasteiger partial charge in [0.2, 0.25) is 11.8 Å². The first-order valence-electron chi connectivity index (χ1n) is 10.6. The van der Waals surface area contributed by atoms with E-state index in [0.717, 1.165) is 50.3 Å². The molecule has 2 heterocycles. The minimum absolute atomic E-state index is 0.0419. The number of amides is 2. The molecule has 4 rings (SSSR count). The molecule has 0 bridgehead atoms. The molecule has 30 heavy (non-hydrogen) atoms. The van der Waals surface area contributed by atoms with Gasteiger partial charge in [-0.15, -0.1) is 11.3 Å². The van der Waals surface area contributed by atoms with Crippen molar-refractivity contribution in [2.45, 2.75) is 38.8 Å². The van der Waals surface area contributed by atoms with Crippen LogP contribution in [0, 0.1) is 6.92 Å². The third-order valence-corrected chi connectivity index (χ3v) is 6.48. The molecule has 1 saturated heterocycles. The third-order valence-electron chi connectivity index (χ3n) is 5.73. The molecule has 2 amide bonds. The summed E-state index contributed by atoms with van der Waals surface area (Å²) in [7, 11) is 0. The van der Waals surface area contributed by atoms with Crippen LogP contribution < -0.4 is 10.6 Å². The summed E-state index contributed by atoms with van der Waals surface area (Å²) in [6, 6.07) is 8.37. The lowest BCUT2D eigenvalue weighted by Gasteiger charge is -2.37. The second-order valence-corrected chi connectivity index (χ2v) is 9.08. The molecule has 2 aromatic rings. The Balaban J connectivity index is 1.25. The molecular weight excluding hydrogens is 398 g/mol. The summed E-state index contributed by atoms with van der Waals surface area (Å²) in [6.45, 7) is 7.58. The van der Waals surface area contributed by atoms with E-state index < -0.39 is 0 Å². The van der Waals surface area contributed by atoms with E-state index in [1.807, 2.05) is 24.4 Å². The second kappa shape index (κ2) is 9.24. The smallest absolute Gasteiger partial charge is 0.243 e. The Morgan fingerprint density at radius 3 is 2.53 bits per heavy atom. The van der Waals surface area contributed by atoms with Gasteiger partial charge in [0.15, 0.2) is 5.13 Å². The van der Waals surface area contributed by atoms with E-state index >= 15 is 0 Å². The normalized spacial score (nSPS) is 18.7. The number of anilines is 1. The summed E-state index contributed by atoms with van der Waals surface area (Å²) in [5.41, 5.74) is 3.13. The highest BCUT2D eigenvalue weighted by Gasteiger charge is 2.28. The van der Waals surface area contributed by atoms with Gasteiger partial charge < -0.3 is 10.6 Å². The number of carbonyl (C=O) groups is 2. The number of nitrogens with one attached hydrogen (secondary N) is 2. The van der Waals surface area contributed by atoms with Crippen molar-refractivity contribution in [1.29, 1.82) is 0 Å². The van der Waals surface area contributed by atoms with Gasteiger partial charge in [0.05, 0.1) is 18.3 Å². The van der Waals surface area contributed by atoms with Crippen molar-refractivity contribution >= 4 is 28.3 Å². The molecule has 1 aromatic carbocycles. The van der Waals surface area contributed by atoms with E-state index in [1.165, 1.54) is 16.9 Å². The number of aromatic nitrogens is 1. The Labute approximate surface area is 181 Å². The second-order valence-electron chi connectivity index (χ2n) is 8.22. The van der Waals surface area contributed by atoms with Crippen LogP contribution in [0.4, 0.5) is 5.13 Å². The van der Waals surface area contributed by atoms with Crippen molar-refractivity contribution < 1.29 is 9.59 Å². The van der Waals surface area contributed by atoms with Crippen molar-refractivity contribution in [3.8, 4) is 11.3 Å². The Morgan fingerprint density at radius 2 is 1.87 bits per heavy atom. The number of nitrogens with zero attached hydrogens (tertiary/aromatic N) is 3. The summed E-state index contributed by atoms with van der Waals surface area (Å²) < 4.78 is 0. The molecule has 1 aliphatic heterocycles. The van der Waals surface area contributed by atoms with E-state index in [1.54, 1.807) is 0 Å². The van der Waals surface area contributed by atoms with Crippen LogP contribution in [0.1, 0.15) is 25.3 Å². The van der Waals surface area contributed by atoms with Gasteiger partial charge >= 0.3 is 0 Å². The van der Waals surface area contributed by atoms with Crippen molar-refractivity contribution in [1.82, 2.24) is 20.1 Å². The maximum Gasteiger partial charge on any atom is 0.243 e. The molecule has 8 heteroatoms. The topological polar surface area (TPSA) is 77.6 Å². The average Bonchev–Trinajstić information content (AvgIpc) is 3.43. The molecule has 0 radical (unpaired) electrons. The van der Waals surface area contributed by atoms with E-state index in [9.17, 15) is 9.59 Å². The van der Waals surface area contributed by atoms with Crippen molar-refractivity contribution in [2.75, 3.05) is 38.0 Å². The van der Waals surface area contributed by atoms with Gasteiger partial charge in [-0.1, -0.05) is 29.8 Å². The zero-order chi connectivity index (χ0) is 21.1. The highest BCUT2D eigenvalue weighted by molar-refractivity contribution is 7.14. The number of aryl methyl sites for hydroxylation is 1. The van der Waals surface area contributed by atoms with Gasteiger partial charge in [0.25, 0.3) is 0 Å². The van der Waals surface area contributed by atoms with Crippen LogP contribution in [0.3, 0.4) is 0 Å². The van der Waals surface area contributed by atoms with E-state index in [2.05, 4.69) is 44.5 Å². The first-order chi connectivity index (χ1) is 14.5. The van der Waals surface area contributed by atoms with E-state index in [-0.39, 0.29) is 17.9 Å². The lowest BCUT2D eigenvalue weighted by atomic mass is 10.1. The van der Waals surface area contributed by atoms with Gasteiger partial charge in [0.1, 0.15) is 0 Å². The fraction of sp³-hybridized carbons (Fsp3) is 0.500. The van der Waals surface area contributed by atoms with Crippen LogP contribution >= 0.6 is 11.3 Å². The largest absolute Gasteiger partial charge is 0.352 e. The van der Waals surface area contributed by atoms with Crippen LogP contribution in [0.25, 0.3) is 11.3 Å². The van der Waals surface area contributed by atoms with Gasteiger partial charge in [0, 0.05) is 43.2 Å². The van der Waals surface area contributed by atoms with Crippen molar-refractivity contribution in [3.05, 3.63) is 35.2 Å². The van der Waals surface area contributed by atoms with Crippen LogP contribution in [0.15, 0.2) is 29.6 Å². The minimum atomic E-state index is -0.237. The number of carbonyl (C=O) groups excluding carboxylic acids is 2. The SMILES string of the molecule is Cc1ccc(-c2csc(NC(=O)C(C)N3CCN(CC(=O)NC4CC4)CC3)n2)cc1. The van der Waals surface area contributed by atoms with Crippen LogP contribution in [-0.2, 0) is 9.59 Å². The Hall–Kier alpha value is -2.29. The predicted molar refractivity (Wildman–Crippen MR) is 120 cm³/mol. The molecule has 1 unspecified atom stereocenters. The molecule has 7 nitrogen and oxygen atoms in total. The monoisotopic (exact) mass is 427 g/mol. The molecule has 0 spiro atoms. The standard InChI is InChI=1S/C22H29N5O2S/c1-15-3-5-17(6-4-15)19-14-30-22(24-19)25-21(29)16(2)27-11-9-26(10-12-27)13-20(28)23-18-7-8-18/h3-6,14,16,18H,7-13H2,1-2H3,(H,23,28)(H,24,25,29). The van der Waals surface area contributed by atoms with Crippen LogP contribution in [-0.4, -0.2) is 71.4 Å². The van der Waals surface area contributed by atoms with Gasteiger partial charge in [-0.25, -0.2) is 4.98 Å². The fourth-order valence-corrected chi connectivity index (χ4v) is 4.30. The van der Waals surface area contributed by atoms with E-state index in [4.69, 9.17) is 0 Å². The Bertz CT molecular complexity index is 885. The molecular formula is C22H29N5O2S. The first kappa shape index (κ1) is 21.0. The molecule has 1 aromatic heterocycles. The number of piperazine rings is 1. The zero-order valence-electron chi connectivity index (χ0n) is 17.6. The van der Waals surface area contributed by atoms with Crippen molar-refractivity contribution in [2.24, 2.45) is 0 Å². The summed E-state index contributed by atoms with van der Waals surface area (Å²) in [5, 5.41) is 8.59. The summed E-state index contributed by atoms with van der Waals surface area (Å²) >= 11 is 1.44. The molecule has 1 saturated carbocycles. The summed E-state index contributed by atoms with van der Waals surface area (Å²) in [5.74, 6) is 0.0737. The highest BCUT2D eigenvalue weighted by Crippen LogP contribution is 2.25. The molecule has 2 N–H and O–H groups in total. The van der Waals surface area contributed by atoms with Crippen LogP contribution in [0.5, 0.6) is 0 Å². The molecule has 2 aliphatic rings. The Kier molecular flexibility index (Phi) is 6.46. The number of thiazole rings is 1. The zero-order valence-corrected chi connectivity index (χ0v) is 18.4. The molecule has 2 fully saturated rings. The fourth-order valence-electron chi connectivity index (χ4n) is 3.58. The number of rotatable bonds is 7. The Morgan fingerprint density at radius 1 is 1.17 bits per heavy atom. The maximum atomic E-state index is 12.7. The number of benzene rings is 1. The van der Waals surface area contributed by atoms with Gasteiger partial charge in [-0.2, -0.15) is 0 Å². The number of hydrogen-bond donors (Lipinski definition) is 2. The minimum Gasteiger partial charge on any atom is -0.352 e. The van der Waals surface area contributed by atoms with Gasteiger partial charge in [-0.3, -0.25) is 19.4 Å². The molecule has 1 aliphatic carbocycles. The maximum absolute atomic E-state index is 12.7. The lowest BCUT2D eigenvalue weighted by molar-refractivity contribution is -0.124. The average molecular weight is 428 g/mol. The highest BCUT2D eigenvalue weighted by atomic mass is 32.1. The predicted octanol–water partition coefficient (Wildman–Crippen LogP) is 2.34. The van der Waals surface area contributed by atoms with E-state index in [0.29, 0.717) is 17.7 Å². The lowest BCUT2D eigenvalue weighted by Crippen LogP contribution is -2.54. The molecule has 160 valence electrons. The van der Waals surface area contributed by atoms with Crippen LogP contribution in [0.2, 0.25) is 0 Å². The van der Waals surface area contributed by atoms with Gasteiger partial charge in [-0.05, 0) is 26.7 Å². The third kappa shape index (κ3) is 5.44. The summed E-state index contributed by atoms with van der Waals surface area (Å²) in [6.07, 6.45) is 2.22.